The van der Waals surface area contributed by atoms with E-state index in [9.17, 15) is 9.59 Å². The second-order valence-corrected chi connectivity index (χ2v) is 5.35. The number of nitrogens with zero attached hydrogens (tertiary/aromatic N) is 1. The second kappa shape index (κ2) is 7.66. The first kappa shape index (κ1) is 17.0. The molecule has 0 aromatic carbocycles. The van der Waals surface area contributed by atoms with Gasteiger partial charge in [0.1, 0.15) is 5.76 Å². The molecule has 0 aliphatic heterocycles. The molecule has 2 amide bonds. The molecular formula is C14H23N3O4. The first-order chi connectivity index (χ1) is 9.81. The molecule has 7 nitrogen and oxygen atoms in total. The van der Waals surface area contributed by atoms with Crippen LogP contribution in [0.3, 0.4) is 0 Å². The minimum absolute atomic E-state index is 0.111. The largest absolute Gasteiger partial charge is 0.481 e. The molecule has 1 heterocycles. The Morgan fingerprint density at radius 2 is 2.00 bits per heavy atom. The summed E-state index contributed by atoms with van der Waals surface area (Å²) in [5.74, 6) is -0.0188. The van der Waals surface area contributed by atoms with Gasteiger partial charge < -0.3 is 20.3 Å². The number of amides is 2. The second-order valence-electron chi connectivity index (χ2n) is 5.35. The monoisotopic (exact) mass is 297 g/mol. The molecule has 3 N–H and O–H groups in total. The van der Waals surface area contributed by atoms with Gasteiger partial charge in [0.2, 0.25) is 0 Å². The van der Waals surface area contributed by atoms with Crippen molar-refractivity contribution in [2.75, 3.05) is 6.54 Å². The van der Waals surface area contributed by atoms with Gasteiger partial charge in [-0.1, -0.05) is 12.1 Å². The van der Waals surface area contributed by atoms with Crippen molar-refractivity contribution in [3.8, 4) is 0 Å². The topological polar surface area (TPSA) is 104 Å². The maximum Gasteiger partial charge on any atom is 0.315 e. The van der Waals surface area contributed by atoms with Crippen molar-refractivity contribution in [2.24, 2.45) is 5.92 Å². The fourth-order valence-electron chi connectivity index (χ4n) is 2.17. The van der Waals surface area contributed by atoms with Crippen molar-refractivity contribution in [1.29, 1.82) is 0 Å². The summed E-state index contributed by atoms with van der Waals surface area (Å²) >= 11 is 0. The van der Waals surface area contributed by atoms with Crippen molar-refractivity contribution in [3.05, 3.63) is 17.0 Å². The number of aliphatic carboxylic acids is 1. The summed E-state index contributed by atoms with van der Waals surface area (Å²) in [7, 11) is 0. The molecule has 118 valence electrons. The average molecular weight is 297 g/mol. The number of aryl methyl sites for hydroxylation is 2. The first-order valence-electron chi connectivity index (χ1n) is 7.00. The highest BCUT2D eigenvalue weighted by Crippen LogP contribution is 2.20. The Morgan fingerprint density at radius 1 is 1.33 bits per heavy atom. The van der Waals surface area contributed by atoms with E-state index >= 15 is 0 Å². The normalized spacial score (nSPS) is 13.5. The minimum atomic E-state index is -0.821. The molecule has 1 rings (SSSR count). The fourth-order valence-corrected chi connectivity index (χ4v) is 2.17. The van der Waals surface area contributed by atoms with Crippen LogP contribution in [0.25, 0.3) is 0 Å². The third-order valence-electron chi connectivity index (χ3n) is 3.33. The molecule has 1 aromatic rings. The zero-order valence-corrected chi connectivity index (χ0v) is 12.9. The van der Waals surface area contributed by atoms with Crippen molar-refractivity contribution in [3.63, 3.8) is 0 Å². The molecule has 21 heavy (non-hydrogen) atoms. The van der Waals surface area contributed by atoms with Crippen LogP contribution in [0.1, 0.15) is 49.7 Å². The number of urea groups is 1. The average Bonchev–Trinajstić information content (AvgIpc) is 2.73. The van der Waals surface area contributed by atoms with E-state index < -0.39 is 5.97 Å². The Hall–Kier alpha value is -2.05. The Labute approximate surface area is 124 Å². The van der Waals surface area contributed by atoms with Crippen LogP contribution in [0.2, 0.25) is 0 Å². The van der Waals surface area contributed by atoms with E-state index in [2.05, 4.69) is 15.8 Å². The van der Waals surface area contributed by atoms with Crippen molar-refractivity contribution < 1.29 is 19.2 Å². The van der Waals surface area contributed by atoms with Crippen LogP contribution in [-0.4, -0.2) is 28.8 Å². The number of hydrogen-bond donors (Lipinski definition) is 3. The molecule has 0 spiro atoms. The highest BCUT2D eigenvalue weighted by molar-refractivity contribution is 5.74. The molecule has 2 unspecified atom stereocenters. The van der Waals surface area contributed by atoms with Gasteiger partial charge in [-0.3, -0.25) is 4.79 Å². The summed E-state index contributed by atoms with van der Waals surface area (Å²) in [6.07, 6.45) is 0.648. The summed E-state index contributed by atoms with van der Waals surface area (Å²) in [5.41, 5.74) is 1.64. The summed E-state index contributed by atoms with van der Waals surface area (Å²) in [6.45, 7) is 7.84. The lowest BCUT2D eigenvalue weighted by molar-refractivity contribution is -0.137. The van der Waals surface area contributed by atoms with Gasteiger partial charge in [-0.2, -0.15) is 0 Å². The van der Waals surface area contributed by atoms with Gasteiger partial charge in [0.15, 0.2) is 0 Å². The zero-order valence-electron chi connectivity index (χ0n) is 12.9. The van der Waals surface area contributed by atoms with Crippen LogP contribution < -0.4 is 10.6 Å². The molecule has 0 radical (unpaired) electrons. The molecule has 0 saturated carbocycles. The summed E-state index contributed by atoms with van der Waals surface area (Å²) in [5, 5.41) is 18.0. The van der Waals surface area contributed by atoms with Gasteiger partial charge in [0, 0.05) is 18.5 Å². The van der Waals surface area contributed by atoms with Crippen LogP contribution in [0.4, 0.5) is 4.79 Å². The van der Waals surface area contributed by atoms with Crippen molar-refractivity contribution in [2.45, 2.75) is 46.6 Å². The maximum absolute atomic E-state index is 11.8. The highest BCUT2D eigenvalue weighted by Gasteiger charge is 2.18. The number of nitrogens with one attached hydrogen (secondary N) is 2. The first-order valence-corrected chi connectivity index (χ1v) is 7.00. The number of carboxylic acid groups (broad SMARTS) is 1. The predicted octanol–water partition coefficient (Wildman–Crippen LogP) is 2.15. The van der Waals surface area contributed by atoms with Crippen LogP contribution in [0.15, 0.2) is 4.52 Å². The maximum atomic E-state index is 11.8. The number of carbonyl (C=O) groups is 2. The van der Waals surface area contributed by atoms with Gasteiger partial charge in [0.05, 0.1) is 11.7 Å². The highest BCUT2D eigenvalue weighted by atomic mass is 16.5. The lowest BCUT2D eigenvalue weighted by atomic mass is 10.1. The van der Waals surface area contributed by atoms with Gasteiger partial charge in [-0.15, -0.1) is 0 Å². The summed E-state index contributed by atoms with van der Waals surface area (Å²) in [6, 6.07) is -0.491. The lowest BCUT2D eigenvalue weighted by Gasteiger charge is -2.16. The van der Waals surface area contributed by atoms with Crippen LogP contribution >= 0.6 is 0 Å². The van der Waals surface area contributed by atoms with E-state index in [1.807, 2.05) is 20.8 Å². The number of hydrogen-bond acceptors (Lipinski definition) is 4. The molecular weight excluding hydrogens is 274 g/mol. The van der Waals surface area contributed by atoms with Crippen LogP contribution in [0, 0.1) is 19.8 Å². The van der Waals surface area contributed by atoms with Crippen molar-refractivity contribution >= 4 is 12.0 Å². The Morgan fingerprint density at radius 3 is 2.52 bits per heavy atom. The van der Waals surface area contributed by atoms with Gasteiger partial charge in [-0.05, 0) is 33.1 Å². The lowest BCUT2D eigenvalue weighted by Crippen LogP contribution is -2.39. The molecule has 0 saturated heterocycles. The Balaban J connectivity index is 2.38. The fraction of sp³-hybridized carbons (Fsp3) is 0.643. The zero-order chi connectivity index (χ0) is 16.0. The third kappa shape index (κ3) is 5.45. The molecule has 7 heteroatoms. The van der Waals surface area contributed by atoms with E-state index in [1.54, 1.807) is 6.92 Å². The minimum Gasteiger partial charge on any atom is -0.481 e. The van der Waals surface area contributed by atoms with Crippen molar-refractivity contribution in [1.82, 2.24) is 15.8 Å². The molecule has 0 aliphatic rings. The molecule has 0 aliphatic carbocycles. The SMILES string of the molecule is Cc1noc(C)c1C(C)NC(=O)NCC(C)CCC(=O)O. The van der Waals surface area contributed by atoms with Crippen LogP contribution in [0.5, 0.6) is 0 Å². The number of carbonyl (C=O) groups excluding carboxylic acids is 1. The van der Waals surface area contributed by atoms with Gasteiger partial charge in [0.25, 0.3) is 0 Å². The predicted molar refractivity (Wildman–Crippen MR) is 77.0 cm³/mol. The molecule has 0 bridgehead atoms. The van der Waals surface area contributed by atoms with E-state index in [4.69, 9.17) is 9.63 Å². The Kier molecular flexibility index (Phi) is 6.20. The quantitative estimate of drug-likeness (QED) is 0.715. The van der Waals surface area contributed by atoms with E-state index in [-0.39, 0.29) is 24.4 Å². The van der Waals surface area contributed by atoms with Crippen LogP contribution in [-0.2, 0) is 4.79 Å². The summed E-state index contributed by atoms with van der Waals surface area (Å²) < 4.78 is 5.07. The molecule has 1 aromatic heterocycles. The number of carboxylic acids is 1. The molecule has 2 atom stereocenters. The van der Waals surface area contributed by atoms with Gasteiger partial charge in [-0.25, -0.2) is 4.79 Å². The summed E-state index contributed by atoms with van der Waals surface area (Å²) in [4.78, 5) is 22.3. The number of aromatic nitrogens is 1. The number of rotatable bonds is 7. The molecule has 0 fully saturated rings. The smallest absolute Gasteiger partial charge is 0.315 e. The standard InChI is InChI=1S/C14H23N3O4/c1-8(5-6-12(18)19)7-15-14(20)16-9(2)13-10(3)17-21-11(13)4/h8-9H,5-7H2,1-4H3,(H,18,19)(H2,15,16,20). The Bertz CT molecular complexity index is 479. The van der Waals surface area contributed by atoms with Gasteiger partial charge >= 0.3 is 12.0 Å². The van der Waals surface area contributed by atoms with E-state index in [0.29, 0.717) is 18.7 Å². The van der Waals surface area contributed by atoms with E-state index in [1.165, 1.54) is 0 Å². The third-order valence-corrected chi connectivity index (χ3v) is 3.33. The van der Waals surface area contributed by atoms with E-state index in [0.717, 1.165) is 11.3 Å².